The summed E-state index contributed by atoms with van der Waals surface area (Å²) in [5.74, 6) is -1.37. The van der Waals surface area contributed by atoms with Crippen molar-refractivity contribution in [3.05, 3.63) is 0 Å². The Morgan fingerprint density at radius 1 is 1.35 bits per heavy atom. The van der Waals surface area contributed by atoms with Crippen molar-refractivity contribution in [1.29, 1.82) is 0 Å². The van der Waals surface area contributed by atoms with E-state index in [0.717, 1.165) is 6.26 Å². The van der Waals surface area contributed by atoms with Gasteiger partial charge in [0, 0.05) is 26.2 Å². The Morgan fingerprint density at radius 3 is 2.65 bits per heavy atom. The molecule has 0 aromatic carbocycles. The molecule has 0 aliphatic carbocycles. The first-order chi connectivity index (χ1) is 9.29. The van der Waals surface area contributed by atoms with Crippen LogP contribution < -0.4 is 10.0 Å². The summed E-state index contributed by atoms with van der Waals surface area (Å²) in [6.45, 7) is 1.38. The monoisotopic (exact) mass is 307 g/mol. The quantitative estimate of drug-likeness (QED) is 0.568. The second-order valence-electron chi connectivity index (χ2n) is 4.88. The smallest absolute Gasteiger partial charge is 0.317 e. The normalized spacial score (nSPS) is 19.6. The number of amides is 2. The van der Waals surface area contributed by atoms with E-state index in [9.17, 15) is 18.0 Å². The topological polar surface area (TPSA) is 116 Å². The SMILES string of the molecule is CS(=O)(=O)NCCCNC(=O)N1CCC[C@@H](C(=O)O)C1. The van der Waals surface area contributed by atoms with Gasteiger partial charge in [-0.2, -0.15) is 0 Å². The van der Waals surface area contributed by atoms with Crippen molar-refractivity contribution < 1.29 is 23.1 Å². The van der Waals surface area contributed by atoms with Crippen molar-refractivity contribution in [3.8, 4) is 0 Å². The van der Waals surface area contributed by atoms with Gasteiger partial charge in [-0.05, 0) is 19.3 Å². The molecule has 20 heavy (non-hydrogen) atoms. The molecule has 1 atom stereocenters. The zero-order chi connectivity index (χ0) is 15.2. The summed E-state index contributed by atoms with van der Waals surface area (Å²) in [6, 6.07) is -0.296. The van der Waals surface area contributed by atoms with E-state index in [4.69, 9.17) is 5.11 Å². The minimum Gasteiger partial charge on any atom is -0.481 e. The van der Waals surface area contributed by atoms with Crippen molar-refractivity contribution in [1.82, 2.24) is 14.9 Å². The van der Waals surface area contributed by atoms with Crippen molar-refractivity contribution in [3.63, 3.8) is 0 Å². The molecule has 3 N–H and O–H groups in total. The molecule has 2 amide bonds. The number of nitrogens with one attached hydrogen (secondary N) is 2. The molecule has 1 fully saturated rings. The summed E-state index contributed by atoms with van der Waals surface area (Å²) in [5, 5.41) is 11.6. The molecule has 0 bridgehead atoms. The summed E-state index contributed by atoms with van der Waals surface area (Å²) in [6.07, 6.45) is 2.83. The van der Waals surface area contributed by atoms with Gasteiger partial charge in [-0.1, -0.05) is 0 Å². The molecule has 1 heterocycles. The average molecular weight is 307 g/mol. The lowest BCUT2D eigenvalue weighted by atomic mass is 9.99. The number of carbonyl (C=O) groups excluding carboxylic acids is 1. The van der Waals surface area contributed by atoms with Gasteiger partial charge in [-0.3, -0.25) is 4.79 Å². The summed E-state index contributed by atoms with van der Waals surface area (Å²) in [4.78, 5) is 24.2. The maximum absolute atomic E-state index is 11.8. The van der Waals surface area contributed by atoms with Crippen LogP contribution in [-0.4, -0.2) is 62.9 Å². The predicted octanol–water partition coefficient (Wildman–Crippen LogP) is -0.568. The molecule has 0 spiro atoms. The molecule has 0 aromatic rings. The molecule has 8 nitrogen and oxygen atoms in total. The number of hydrogen-bond donors (Lipinski definition) is 3. The minimum atomic E-state index is -3.20. The fourth-order valence-corrected chi connectivity index (χ4v) is 2.53. The van der Waals surface area contributed by atoms with Crippen LogP contribution in [0.25, 0.3) is 0 Å². The maximum Gasteiger partial charge on any atom is 0.317 e. The molecule has 1 rings (SSSR count). The highest BCUT2D eigenvalue weighted by Crippen LogP contribution is 2.16. The molecular weight excluding hydrogens is 286 g/mol. The summed E-state index contributed by atoms with van der Waals surface area (Å²) >= 11 is 0. The van der Waals surface area contributed by atoms with Crippen LogP contribution in [-0.2, 0) is 14.8 Å². The van der Waals surface area contributed by atoms with Crippen molar-refractivity contribution in [2.24, 2.45) is 5.92 Å². The molecule has 116 valence electrons. The molecule has 1 saturated heterocycles. The number of carboxylic acid groups (broad SMARTS) is 1. The highest BCUT2D eigenvalue weighted by molar-refractivity contribution is 7.88. The number of hydrogen-bond acceptors (Lipinski definition) is 4. The van der Waals surface area contributed by atoms with Crippen LogP contribution in [0.5, 0.6) is 0 Å². The number of carboxylic acids is 1. The lowest BCUT2D eigenvalue weighted by Crippen LogP contribution is -2.47. The van der Waals surface area contributed by atoms with E-state index in [1.54, 1.807) is 0 Å². The Kier molecular flexibility index (Phi) is 6.21. The number of urea groups is 1. The first kappa shape index (κ1) is 16.7. The predicted molar refractivity (Wildman–Crippen MR) is 72.8 cm³/mol. The molecule has 9 heteroatoms. The van der Waals surface area contributed by atoms with Crippen molar-refractivity contribution in [2.75, 3.05) is 32.4 Å². The van der Waals surface area contributed by atoms with E-state index in [1.807, 2.05) is 0 Å². The Labute approximate surface area is 118 Å². The van der Waals surface area contributed by atoms with Gasteiger partial charge < -0.3 is 15.3 Å². The van der Waals surface area contributed by atoms with Crippen LogP contribution in [0, 0.1) is 5.92 Å². The average Bonchev–Trinajstić information content (AvgIpc) is 2.37. The van der Waals surface area contributed by atoms with Crippen LogP contribution in [0.2, 0.25) is 0 Å². The van der Waals surface area contributed by atoms with Gasteiger partial charge in [0.15, 0.2) is 0 Å². The van der Waals surface area contributed by atoms with Gasteiger partial charge >= 0.3 is 12.0 Å². The third kappa shape index (κ3) is 6.20. The number of piperidine rings is 1. The molecule has 0 saturated carbocycles. The molecule has 0 aromatic heterocycles. The maximum atomic E-state index is 11.8. The van der Waals surface area contributed by atoms with Crippen molar-refractivity contribution in [2.45, 2.75) is 19.3 Å². The van der Waals surface area contributed by atoms with Crippen LogP contribution in [0.15, 0.2) is 0 Å². The molecular formula is C11H21N3O5S. The minimum absolute atomic E-state index is 0.225. The zero-order valence-corrected chi connectivity index (χ0v) is 12.3. The number of sulfonamides is 1. The van der Waals surface area contributed by atoms with E-state index < -0.39 is 21.9 Å². The number of carbonyl (C=O) groups is 2. The van der Waals surface area contributed by atoms with Gasteiger partial charge in [-0.15, -0.1) is 0 Å². The number of aliphatic carboxylic acids is 1. The third-order valence-electron chi connectivity index (χ3n) is 3.05. The summed E-state index contributed by atoms with van der Waals surface area (Å²) < 4.78 is 24.0. The second-order valence-corrected chi connectivity index (χ2v) is 6.71. The zero-order valence-electron chi connectivity index (χ0n) is 11.5. The third-order valence-corrected chi connectivity index (χ3v) is 3.78. The Bertz CT molecular complexity index is 451. The molecule has 1 aliphatic heterocycles. The highest BCUT2D eigenvalue weighted by atomic mass is 32.2. The van der Waals surface area contributed by atoms with Gasteiger partial charge in [0.25, 0.3) is 0 Å². The molecule has 1 aliphatic rings. The Hall–Kier alpha value is -1.35. The summed E-state index contributed by atoms with van der Waals surface area (Å²) in [5.41, 5.74) is 0. The van der Waals surface area contributed by atoms with Gasteiger partial charge in [0.1, 0.15) is 0 Å². The Balaban J connectivity index is 2.24. The van der Waals surface area contributed by atoms with E-state index in [0.29, 0.717) is 32.4 Å². The number of likely N-dealkylation sites (tertiary alicyclic amines) is 1. The highest BCUT2D eigenvalue weighted by Gasteiger charge is 2.27. The van der Waals surface area contributed by atoms with Gasteiger partial charge in [-0.25, -0.2) is 17.9 Å². The fraction of sp³-hybridized carbons (Fsp3) is 0.818. The number of rotatable bonds is 6. The summed E-state index contributed by atoms with van der Waals surface area (Å²) in [7, 11) is -3.20. The van der Waals surface area contributed by atoms with Crippen LogP contribution >= 0.6 is 0 Å². The lowest BCUT2D eigenvalue weighted by Gasteiger charge is -2.30. The Morgan fingerprint density at radius 2 is 2.05 bits per heavy atom. The fourth-order valence-electron chi connectivity index (χ4n) is 2.02. The van der Waals surface area contributed by atoms with E-state index >= 15 is 0 Å². The van der Waals surface area contributed by atoms with Crippen molar-refractivity contribution >= 4 is 22.0 Å². The van der Waals surface area contributed by atoms with Crippen LogP contribution in [0.4, 0.5) is 4.79 Å². The molecule has 0 radical (unpaired) electrons. The first-order valence-electron chi connectivity index (χ1n) is 6.50. The molecule has 0 unspecified atom stereocenters. The van der Waals surface area contributed by atoms with E-state index in [-0.39, 0.29) is 19.1 Å². The lowest BCUT2D eigenvalue weighted by molar-refractivity contribution is -0.143. The van der Waals surface area contributed by atoms with E-state index in [2.05, 4.69) is 10.0 Å². The second kappa shape index (κ2) is 7.44. The standard InChI is InChI=1S/C11H21N3O5S/c1-20(18,19)13-6-3-5-12-11(17)14-7-2-4-9(8-14)10(15)16/h9,13H,2-8H2,1H3,(H,12,17)(H,15,16)/t9-/m1/s1. The van der Waals surface area contributed by atoms with Gasteiger partial charge in [0.2, 0.25) is 10.0 Å². The first-order valence-corrected chi connectivity index (χ1v) is 8.39. The van der Waals surface area contributed by atoms with E-state index in [1.165, 1.54) is 4.90 Å². The van der Waals surface area contributed by atoms with Gasteiger partial charge in [0.05, 0.1) is 12.2 Å². The van der Waals surface area contributed by atoms with Crippen LogP contribution in [0.3, 0.4) is 0 Å². The van der Waals surface area contributed by atoms with Crippen LogP contribution in [0.1, 0.15) is 19.3 Å². The number of nitrogens with zero attached hydrogens (tertiary/aromatic N) is 1. The largest absolute Gasteiger partial charge is 0.481 e.